The first-order chi connectivity index (χ1) is 12.9. The van der Waals surface area contributed by atoms with Crippen molar-refractivity contribution in [2.45, 2.75) is 0 Å². The van der Waals surface area contributed by atoms with Crippen LogP contribution in [0.25, 0.3) is 21.5 Å². The molecule has 0 fully saturated rings. The van der Waals surface area contributed by atoms with Crippen molar-refractivity contribution in [2.75, 3.05) is 0 Å². The second-order valence-electron chi connectivity index (χ2n) is 5.18. The molecule has 1 aromatic heterocycles. The van der Waals surface area contributed by atoms with E-state index in [2.05, 4.69) is 8.62 Å². The molecule has 0 radical (unpaired) electrons. The molecule has 4 N–H and O–H groups in total. The molecule has 3 unspecified atom stereocenters. The molecule has 3 rings (SSSR count). The number of para-hydroxylation sites is 1. The van der Waals surface area contributed by atoms with Crippen LogP contribution in [-0.2, 0) is 26.9 Å². The van der Waals surface area contributed by atoms with Crippen molar-refractivity contribution >= 4 is 52.6 Å². The smallest absolute Gasteiger partial charge is 0.399 e. The summed E-state index contributed by atoms with van der Waals surface area (Å²) in [5.41, 5.74) is 0.312. The predicted molar refractivity (Wildman–Crippen MR) is 95.8 cm³/mol. The van der Waals surface area contributed by atoms with Crippen LogP contribution in [-0.4, -0.2) is 19.6 Å². The van der Waals surface area contributed by atoms with Crippen LogP contribution in [0.2, 0.25) is 0 Å². The molecule has 0 aliphatic carbocycles. The Morgan fingerprint density at radius 3 is 2.14 bits per heavy atom. The van der Waals surface area contributed by atoms with E-state index in [1.54, 1.807) is 30.3 Å². The zero-order valence-corrected chi connectivity index (χ0v) is 17.0. The predicted octanol–water partition coefficient (Wildman–Crippen LogP) is 4.03. The number of hydrogen-bond donors (Lipinski definition) is 4. The highest BCUT2D eigenvalue weighted by Gasteiger charge is 2.42. The summed E-state index contributed by atoms with van der Waals surface area (Å²) >= 11 is 0. The summed E-state index contributed by atoms with van der Waals surface area (Å²) < 4.78 is 63.8. The first kappa shape index (κ1) is 21.3. The molecule has 0 spiro atoms. The zero-order chi connectivity index (χ0) is 20.7. The molecule has 0 aliphatic rings. The average molecular weight is 471 g/mol. The van der Waals surface area contributed by atoms with Crippen LogP contribution in [0, 0.1) is 0 Å². The Balaban J connectivity index is 2.04. The molecular weight excluding hydrogens is 460 g/mol. The van der Waals surface area contributed by atoms with E-state index in [-0.39, 0.29) is 5.12 Å². The standard InChI is InChI=1S/C12H10O12P4/c13-25-12-9(8-4-1-2-6-10(8)21-25)5-3-7-11(12)22-27(17,18)24-28(19,20)23-26(14,15)16/h1-7H,(H3-,14,15,16,17,18,19,20)/p+1. The lowest BCUT2D eigenvalue weighted by Gasteiger charge is -2.16. The van der Waals surface area contributed by atoms with E-state index >= 15 is 0 Å². The zero-order valence-electron chi connectivity index (χ0n) is 13.4. The number of phosphoric acid groups is 3. The maximum Gasteiger partial charge on any atom is 0.601 e. The molecule has 28 heavy (non-hydrogen) atoms. The third-order valence-electron chi connectivity index (χ3n) is 3.17. The molecule has 150 valence electrons. The van der Waals surface area contributed by atoms with E-state index in [0.717, 1.165) is 6.07 Å². The van der Waals surface area contributed by atoms with Crippen LogP contribution in [0.5, 0.6) is 5.75 Å². The van der Waals surface area contributed by atoms with Crippen molar-refractivity contribution in [2.24, 2.45) is 0 Å². The summed E-state index contributed by atoms with van der Waals surface area (Å²) in [6.07, 6.45) is 0. The fourth-order valence-electron chi connectivity index (χ4n) is 2.33. The van der Waals surface area contributed by atoms with Gasteiger partial charge in [-0.3, -0.25) is 4.89 Å². The Kier molecular flexibility index (Phi) is 5.66. The van der Waals surface area contributed by atoms with Crippen LogP contribution in [0.15, 0.2) is 46.7 Å². The average Bonchev–Trinajstić information content (AvgIpc) is 2.51. The van der Waals surface area contributed by atoms with Gasteiger partial charge in [-0.1, -0.05) is 24.3 Å². The quantitative estimate of drug-likeness (QED) is 0.299. The van der Waals surface area contributed by atoms with Crippen LogP contribution in [0.4, 0.5) is 0 Å². The molecule has 2 aromatic carbocycles. The van der Waals surface area contributed by atoms with Gasteiger partial charge < -0.3 is 19.2 Å². The van der Waals surface area contributed by atoms with Crippen molar-refractivity contribution in [3.8, 4) is 5.75 Å². The summed E-state index contributed by atoms with van der Waals surface area (Å²) in [6.45, 7) is 0. The highest BCUT2D eigenvalue weighted by Crippen LogP contribution is 2.66. The van der Waals surface area contributed by atoms with Crippen LogP contribution >= 0.6 is 31.1 Å². The number of phosphoric ester groups is 1. The molecule has 0 aliphatic heterocycles. The van der Waals surface area contributed by atoms with Gasteiger partial charge in [0.2, 0.25) is 0 Å². The van der Waals surface area contributed by atoms with E-state index < -0.39 is 36.9 Å². The molecule has 0 saturated heterocycles. The molecule has 16 heteroatoms. The topological polar surface area (TPSA) is 190 Å². The van der Waals surface area contributed by atoms with E-state index in [1.807, 2.05) is 0 Å². The Morgan fingerprint density at radius 1 is 0.821 bits per heavy atom. The number of hydrogen-bond acceptors (Lipinski definition) is 8. The molecule has 0 bridgehead atoms. The van der Waals surface area contributed by atoms with Gasteiger partial charge in [-0.25, -0.2) is 17.9 Å². The number of fused-ring (bicyclic) bond motifs is 3. The second kappa shape index (κ2) is 7.44. The molecule has 3 atom stereocenters. The number of benzene rings is 2. The monoisotopic (exact) mass is 471 g/mol. The maximum atomic E-state index is 12.4. The van der Waals surface area contributed by atoms with Crippen LogP contribution in [0.3, 0.4) is 0 Å². The third-order valence-corrected chi connectivity index (χ3v) is 8.11. The van der Waals surface area contributed by atoms with Crippen LogP contribution in [0.1, 0.15) is 0 Å². The second-order valence-corrected chi connectivity index (χ2v) is 10.7. The fourth-order valence-corrected chi connectivity index (χ4v) is 6.56. The van der Waals surface area contributed by atoms with Crippen molar-refractivity contribution in [1.82, 2.24) is 0 Å². The summed E-state index contributed by atoms with van der Waals surface area (Å²) in [7, 11) is -19.2. The Morgan fingerprint density at radius 2 is 1.46 bits per heavy atom. The summed E-state index contributed by atoms with van der Waals surface area (Å²) in [5, 5.41) is 0.765. The summed E-state index contributed by atoms with van der Waals surface area (Å²) in [4.78, 5) is 36.0. The van der Waals surface area contributed by atoms with Gasteiger partial charge >= 0.3 is 31.1 Å². The molecule has 0 saturated carbocycles. The highest BCUT2D eigenvalue weighted by atomic mass is 31.3. The van der Waals surface area contributed by atoms with E-state index in [9.17, 15) is 28.0 Å². The maximum absolute atomic E-state index is 12.4. The first-order valence-electron chi connectivity index (χ1n) is 7.08. The van der Waals surface area contributed by atoms with Crippen LogP contribution < -0.4 is 4.52 Å². The van der Waals surface area contributed by atoms with Gasteiger partial charge in [-0.2, -0.15) is 8.62 Å². The van der Waals surface area contributed by atoms with Crippen molar-refractivity contribution in [1.29, 1.82) is 0 Å². The number of rotatable bonds is 6. The van der Waals surface area contributed by atoms with E-state index in [1.165, 1.54) is 6.07 Å². The Bertz CT molecular complexity index is 1260. The lowest BCUT2D eigenvalue weighted by atomic mass is 10.1. The lowest BCUT2D eigenvalue weighted by molar-refractivity contribution is 0.207. The molecule has 1 heterocycles. The summed E-state index contributed by atoms with van der Waals surface area (Å²) in [5.74, 6) is -0.463. The molecule has 3 aromatic rings. The molecule has 12 nitrogen and oxygen atoms in total. The summed E-state index contributed by atoms with van der Waals surface area (Å²) in [6, 6.07) is 10.6. The van der Waals surface area contributed by atoms with Gasteiger partial charge in [0.25, 0.3) is 5.12 Å². The Hall–Kier alpha value is -1.41. The van der Waals surface area contributed by atoms with Gasteiger partial charge in [-0.15, -0.1) is 0 Å². The fraction of sp³-hybridized carbons (Fsp3) is 0. The van der Waals surface area contributed by atoms with Gasteiger partial charge in [0, 0.05) is 10.8 Å². The van der Waals surface area contributed by atoms with Gasteiger partial charge in [0.1, 0.15) is 0 Å². The van der Waals surface area contributed by atoms with Gasteiger partial charge in [0.05, 0.1) is 0 Å². The SMILES string of the molecule is O=[p+]1oc2ccccc2c2cccc(OP(=O)(O)OP(=O)(O)OP(=O)(O)O)c21. The third kappa shape index (κ3) is 4.95. The van der Waals surface area contributed by atoms with Crippen molar-refractivity contribution in [3.05, 3.63) is 42.5 Å². The van der Waals surface area contributed by atoms with Gasteiger partial charge in [-0.05, 0) is 22.8 Å². The Labute approximate surface area is 156 Å². The van der Waals surface area contributed by atoms with Crippen molar-refractivity contribution < 1.29 is 55.2 Å². The minimum atomic E-state index is -5.67. The largest absolute Gasteiger partial charge is 0.601 e. The van der Waals surface area contributed by atoms with Crippen molar-refractivity contribution in [3.63, 3.8) is 0 Å². The normalized spacial score (nSPS) is 17.2. The van der Waals surface area contributed by atoms with E-state index in [0.29, 0.717) is 16.4 Å². The first-order valence-corrected chi connectivity index (χ1v) is 12.8. The minimum Gasteiger partial charge on any atom is -0.399 e. The lowest BCUT2D eigenvalue weighted by Crippen LogP contribution is -1.98. The molecule has 0 amide bonds. The van der Waals surface area contributed by atoms with Gasteiger partial charge in [0.15, 0.2) is 11.3 Å². The van der Waals surface area contributed by atoms with E-state index in [4.69, 9.17) is 18.5 Å². The minimum absolute atomic E-state index is 0.113. The molecular formula is C12H11O12P4+. The highest BCUT2D eigenvalue weighted by molar-refractivity contribution is 7.66.